The van der Waals surface area contributed by atoms with Gasteiger partial charge in [0.15, 0.2) is 0 Å². The summed E-state index contributed by atoms with van der Waals surface area (Å²) in [5, 5.41) is 9.59. The van der Waals surface area contributed by atoms with E-state index in [1.807, 2.05) is 26.0 Å². The highest BCUT2D eigenvalue weighted by Gasteiger charge is 2.49. The normalized spacial score (nSPS) is 27.0. The lowest BCUT2D eigenvalue weighted by Crippen LogP contribution is -2.43. The maximum Gasteiger partial charge on any atom is 0.326 e. The Balaban J connectivity index is 1.95. The van der Waals surface area contributed by atoms with Crippen LogP contribution in [0.25, 0.3) is 0 Å². The Morgan fingerprint density at radius 3 is 2.64 bits per heavy atom. The van der Waals surface area contributed by atoms with Gasteiger partial charge in [-0.1, -0.05) is 22.4 Å². The number of halogens is 1. The van der Waals surface area contributed by atoms with Crippen LogP contribution >= 0.6 is 15.9 Å². The largest absolute Gasteiger partial charge is 0.480 e. The molecule has 1 aliphatic carbocycles. The fourth-order valence-corrected chi connectivity index (χ4v) is 4.45. The molecule has 3 atom stereocenters. The van der Waals surface area contributed by atoms with Crippen molar-refractivity contribution in [1.29, 1.82) is 0 Å². The van der Waals surface area contributed by atoms with Gasteiger partial charge in [-0.25, -0.2) is 4.79 Å². The number of fused-ring (bicyclic) bond motifs is 1. The number of carboxylic acids is 1. The minimum atomic E-state index is -0.866. The molecule has 1 saturated heterocycles. The van der Waals surface area contributed by atoms with Gasteiger partial charge in [-0.05, 0) is 61.8 Å². The van der Waals surface area contributed by atoms with E-state index in [0.717, 1.165) is 34.9 Å². The van der Waals surface area contributed by atoms with Crippen molar-refractivity contribution < 1.29 is 14.7 Å². The minimum Gasteiger partial charge on any atom is -0.480 e. The molecule has 2 fully saturated rings. The Morgan fingerprint density at radius 2 is 1.95 bits per heavy atom. The standard InChI is InChI=1S/C17H20BrNO3/c1-9-7-14(18)10(2)6-13(9)16(20)19-8-11-4-3-5-12(11)15(19)17(21)22/h6-7,11-12,15H,3-5,8H2,1-2H3,(H,21,22). The van der Waals surface area contributed by atoms with Crippen molar-refractivity contribution in [3.63, 3.8) is 0 Å². The summed E-state index contributed by atoms with van der Waals surface area (Å²) in [5.41, 5.74) is 2.48. The molecule has 1 saturated carbocycles. The van der Waals surface area contributed by atoms with Crippen LogP contribution in [0.2, 0.25) is 0 Å². The predicted octanol–water partition coefficient (Wildman–Crippen LogP) is 3.39. The topological polar surface area (TPSA) is 57.6 Å². The highest BCUT2D eigenvalue weighted by molar-refractivity contribution is 9.10. The zero-order chi connectivity index (χ0) is 16.0. The molecule has 118 valence electrons. The van der Waals surface area contributed by atoms with E-state index in [1.165, 1.54) is 0 Å². The van der Waals surface area contributed by atoms with E-state index in [0.29, 0.717) is 18.0 Å². The summed E-state index contributed by atoms with van der Waals surface area (Å²) in [6.45, 7) is 4.41. The lowest BCUT2D eigenvalue weighted by atomic mass is 9.94. The smallest absolute Gasteiger partial charge is 0.326 e. The van der Waals surface area contributed by atoms with Gasteiger partial charge in [0.2, 0.25) is 0 Å². The molecule has 4 nitrogen and oxygen atoms in total. The van der Waals surface area contributed by atoms with Crippen LogP contribution < -0.4 is 0 Å². The van der Waals surface area contributed by atoms with Crippen molar-refractivity contribution in [3.05, 3.63) is 33.3 Å². The molecule has 0 radical (unpaired) electrons. The van der Waals surface area contributed by atoms with Crippen LogP contribution in [0.15, 0.2) is 16.6 Å². The maximum atomic E-state index is 12.9. The second-order valence-corrected chi connectivity index (χ2v) is 7.37. The number of aliphatic carboxylic acids is 1. The van der Waals surface area contributed by atoms with Crippen LogP contribution in [-0.4, -0.2) is 34.5 Å². The van der Waals surface area contributed by atoms with Crippen molar-refractivity contribution >= 4 is 27.8 Å². The van der Waals surface area contributed by atoms with Crippen molar-refractivity contribution in [1.82, 2.24) is 4.90 Å². The fourth-order valence-electron chi connectivity index (χ4n) is 4.00. The molecule has 5 heteroatoms. The zero-order valence-electron chi connectivity index (χ0n) is 12.8. The van der Waals surface area contributed by atoms with Crippen LogP contribution in [-0.2, 0) is 4.79 Å². The lowest BCUT2D eigenvalue weighted by molar-refractivity contribution is -0.142. The Hall–Kier alpha value is -1.36. The van der Waals surface area contributed by atoms with Gasteiger partial charge in [0.25, 0.3) is 5.91 Å². The van der Waals surface area contributed by atoms with Crippen molar-refractivity contribution in [2.75, 3.05) is 6.54 Å². The van der Waals surface area contributed by atoms with E-state index >= 15 is 0 Å². The molecule has 1 aromatic carbocycles. The third kappa shape index (κ3) is 2.45. The first kappa shape index (κ1) is 15.5. The first-order chi connectivity index (χ1) is 10.4. The number of aryl methyl sites for hydroxylation is 2. The van der Waals surface area contributed by atoms with Gasteiger partial charge < -0.3 is 10.0 Å². The Kier molecular flexibility index (Phi) is 4.02. The van der Waals surface area contributed by atoms with E-state index in [2.05, 4.69) is 15.9 Å². The van der Waals surface area contributed by atoms with Gasteiger partial charge in [0, 0.05) is 16.6 Å². The molecule has 3 unspecified atom stereocenters. The molecule has 1 aliphatic heterocycles. The molecule has 22 heavy (non-hydrogen) atoms. The Labute approximate surface area is 138 Å². The van der Waals surface area contributed by atoms with Gasteiger partial charge in [0.1, 0.15) is 6.04 Å². The molecule has 3 rings (SSSR count). The second-order valence-electron chi connectivity index (χ2n) is 6.51. The Bertz CT molecular complexity index is 643. The quantitative estimate of drug-likeness (QED) is 0.873. The number of amides is 1. The summed E-state index contributed by atoms with van der Waals surface area (Å²) in [4.78, 5) is 26.2. The zero-order valence-corrected chi connectivity index (χ0v) is 14.4. The van der Waals surface area contributed by atoms with Gasteiger partial charge >= 0.3 is 5.97 Å². The van der Waals surface area contributed by atoms with E-state index in [4.69, 9.17) is 0 Å². The molecule has 1 amide bonds. The first-order valence-electron chi connectivity index (χ1n) is 7.70. The summed E-state index contributed by atoms with van der Waals surface area (Å²) < 4.78 is 0.967. The number of hydrogen-bond acceptors (Lipinski definition) is 2. The van der Waals surface area contributed by atoms with E-state index < -0.39 is 12.0 Å². The number of nitrogens with zero attached hydrogens (tertiary/aromatic N) is 1. The summed E-state index contributed by atoms with van der Waals surface area (Å²) in [5.74, 6) is -0.538. The molecular weight excluding hydrogens is 346 g/mol. The first-order valence-corrected chi connectivity index (χ1v) is 8.50. The predicted molar refractivity (Wildman–Crippen MR) is 86.9 cm³/mol. The van der Waals surface area contributed by atoms with Gasteiger partial charge in [0.05, 0.1) is 0 Å². The maximum absolute atomic E-state index is 12.9. The molecule has 0 aromatic heterocycles. The Morgan fingerprint density at radius 1 is 1.23 bits per heavy atom. The SMILES string of the molecule is Cc1cc(C(=O)N2CC3CCCC3C2C(=O)O)c(C)cc1Br. The van der Waals surface area contributed by atoms with Crippen LogP contribution in [0.3, 0.4) is 0 Å². The number of benzene rings is 1. The summed E-state index contributed by atoms with van der Waals surface area (Å²) in [6.07, 6.45) is 3.04. The van der Waals surface area contributed by atoms with Gasteiger partial charge in [-0.3, -0.25) is 4.79 Å². The van der Waals surface area contributed by atoms with E-state index in [9.17, 15) is 14.7 Å². The van der Waals surface area contributed by atoms with Crippen molar-refractivity contribution in [2.24, 2.45) is 11.8 Å². The number of hydrogen-bond donors (Lipinski definition) is 1. The van der Waals surface area contributed by atoms with Crippen molar-refractivity contribution in [2.45, 2.75) is 39.2 Å². The van der Waals surface area contributed by atoms with Crippen molar-refractivity contribution in [3.8, 4) is 0 Å². The minimum absolute atomic E-state index is 0.123. The average Bonchev–Trinajstić information content (AvgIpc) is 3.01. The molecular formula is C17H20BrNO3. The molecule has 1 heterocycles. The number of carbonyl (C=O) groups is 2. The average molecular weight is 366 g/mol. The lowest BCUT2D eigenvalue weighted by Gasteiger charge is -2.25. The monoisotopic (exact) mass is 365 g/mol. The van der Waals surface area contributed by atoms with Crippen LogP contribution in [0.4, 0.5) is 0 Å². The molecule has 0 spiro atoms. The van der Waals surface area contributed by atoms with Gasteiger partial charge in [-0.2, -0.15) is 0 Å². The van der Waals surface area contributed by atoms with Crippen LogP contribution in [0.1, 0.15) is 40.7 Å². The van der Waals surface area contributed by atoms with E-state index in [-0.39, 0.29) is 11.8 Å². The second kappa shape index (κ2) is 5.69. The number of rotatable bonds is 2. The summed E-state index contributed by atoms with van der Waals surface area (Å²) >= 11 is 3.47. The van der Waals surface area contributed by atoms with Crippen LogP contribution in [0.5, 0.6) is 0 Å². The number of likely N-dealkylation sites (tertiary alicyclic amines) is 1. The van der Waals surface area contributed by atoms with Gasteiger partial charge in [-0.15, -0.1) is 0 Å². The molecule has 2 aliphatic rings. The number of carbonyl (C=O) groups excluding carboxylic acids is 1. The van der Waals surface area contributed by atoms with Crippen LogP contribution in [0, 0.1) is 25.7 Å². The third-order valence-electron chi connectivity index (χ3n) is 5.14. The van der Waals surface area contributed by atoms with E-state index in [1.54, 1.807) is 4.90 Å². The third-order valence-corrected chi connectivity index (χ3v) is 5.99. The molecule has 1 N–H and O–H groups in total. The molecule has 1 aromatic rings. The highest BCUT2D eigenvalue weighted by atomic mass is 79.9. The summed E-state index contributed by atoms with van der Waals surface area (Å²) in [6, 6.07) is 3.12. The number of carboxylic acid groups (broad SMARTS) is 1. The fraction of sp³-hybridized carbons (Fsp3) is 0.529. The summed E-state index contributed by atoms with van der Waals surface area (Å²) in [7, 11) is 0. The highest BCUT2D eigenvalue weighted by Crippen LogP contribution is 2.43. The molecule has 0 bridgehead atoms.